The zero-order valence-electron chi connectivity index (χ0n) is 24.6. The van der Waals surface area contributed by atoms with Crippen LogP contribution in [0, 0.1) is 0 Å². The van der Waals surface area contributed by atoms with Crippen molar-refractivity contribution >= 4 is 81.6 Å². The summed E-state index contributed by atoms with van der Waals surface area (Å²) < 4.78 is 0. The van der Waals surface area contributed by atoms with Crippen LogP contribution in [0.1, 0.15) is 33.8 Å². The number of amides is 2. The van der Waals surface area contributed by atoms with E-state index in [1.54, 1.807) is 0 Å². The molecule has 1 aromatic carbocycles. The third-order valence-corrected chi connectivity index (χ3v) is 7.22. The number of benzene rings is 1. The van der Waals surface area contributed by atoms with Crippen molar-refractivity contribution in [2.24, 2.45) is 21.5 Å². The van der Waals surface area contributed by atoms with Crippen LogP contribution in [0.5, 0.6) is 0 Å². The summed E-state index contributed by atoms with van der Waals surface area (Å²) >= 11 is 11.7. The van der Waals surface area contributed by atoms with Crippen molar-refractivity contribution in [2.75, 3.05) is 72.0 Å². The van der Waals surface area contributed by atoms with Crippen LogP contribution in [0.2, 0.25) is 10.3 Å². The highest BCUT2D eigenvalue weighted by Gasteiger charge is 2.22. The maximum absolute atomic E-state index is 12.4. The van der Waals surface area contributed by atoms with Gasteiger partial charge in [0, 0.05) is 39.3 Å². The van der Waals surface area contributed by atoms with E-state index in [2.05, 4.69) is 62.5 Å². The second-order valence-corrected chi connectivity index (χ2v) is 10.6. The molecule has 0 aliphatic carbocycles. The fourth-order valence-corrected chi connectivity index (χ4v) is 4.77. The van der Waals surface area contributed by atoms with Crippen molar-refractivity contribution in [1.29, 1.82) is 0 Å². The fourth-order valence-electron chi connectivity index (χ4n) is 4.52. The third-order valence-electron chi connectivity index (χ3n) is 6.66. The minimum Gasteiger partial charge on any atom is -0.382 e. The van der Waals surface area contributed by atoms with Crippen molar-refractivity contribution in [2.45, 2.75) is 12.8 Å². The molecule has 0 unspecified atom stereocenters. The van der Waals surface area contributed by atoms with Gasteiger partial charge in [0.05, 0.1) is 11.4 Å². The monoisotopic (exact) mass is 672 g/mol. The Balaban J connectivity index is 1.24. The molecular weight excluding hydrogens is 639 g/mol. The molecule has 0 saturated carbocycles. The van der Waals surface area contributed by atoms with Gasteiger partial charge in [-0.05, 0) is 25.0 Å². The Bertz CT molecular complexity index is 1550. The topological polar surface area (TPSA) is 297 Å². The maximum atomic E-state index is 12.4. The molecule has 46 heavy (non-hydrogen) atoms. The Morgan fingerprint density at radius 2 is 1.09 bits per heavy atom. The molecule has 2 aromatic heterocycles. The second-order valence-electron chi connectivity index (χ2n) is 9.88. The van der Waals surface area contributed by atoms with Gasteiger partial charge in [-0.15, -0.1) is 0 Å². The van der Waals surface area contributed by atoms with Gasteiger partial charge in [0.25, 0.3) is 11.8 Å². The molecule has 20 heteroatoms. The highest BCUT2D eigenvalue weighted by Crippen LogP contribution is 2.32. The quantitative estimate of drug-likeness (QED) is 0.0785. The van der Waals surface area contributed by atoms with Gasteiger partial charge < -0.3 is 44.2 Å². The van der Waals surface area contributed by atoms with Gasteiger partial charge in [-0.3, -0.25) is 30.2 Å². The van der Waals surface area contributed by atoms with Gasteiger partial charge >= 0.3 is 0 Å². The number of nitrogens with two attached hydrogens (primary N) is 6. The Morgan fingerprint density at radius 3 is 1.48 bits per heavy atom. The van der Waals surface area contributed by atoms with E-state index in [0.717, 1.165) is 37.6 Å². The van der Waals surface area contributed by atoms with E-state index in [1.165, 1.54) is 0 Å². The number of nitrogen functional groups attached to an aromatic ring is 4. The molecule has 0 bridgehead atoms. The van der Waals surface area contributed by atoms with Crippen LogP contribution in [0.3, 0.4) is 0 Å². The maximum Gasteiger partial charge on any atom is 0.280 e. The van der Waals surface area contributed by atoms with Gasteiger partial charge in [-0.2, -0.15) is 0 Å². The van der Waals surface area contributed by atoms with Gasteiger partial charge in [0.15, 0.2) is 56.9 Å². The van der Waals surface area contributed by atoms with Crippen LogP contribution in [-0.4, -0.2) is 82.9 Å². The molecule has 2 amide bonds. The van der Waals surface area contributed by atoms with Crippen molar-refractivity contribution in [3.63, 3.8) is 0 Å². The SMILES string of the molecule is NC(=NCCCN1CCN(CCCN=C(N)NC(=O)c2nc(Cl)c(N)nc2N)c2ccccc21)NC(=O)c1nc(Cl)c(N)nc1N. The molecule has 3 heterocycles. The van der Waals surface area contributed by atoms with Crippen molar-refractivity contribution < 1.29 is 9.59 Å². The molecule has 1 aliphatic rings. The fraction of sp³-hybridized carbons (Fsp3) is 0.308. The number of carbonyl (C=O) groups excluding carboxylic acids is 2. The molecule has 14 N–H and O–H groups in total. The van der Waals surface area contributed by atoms with E-state index in [0.29, 0.717) is 25.9 Å². The van der Waals surface area contributed by atoms with Gasteiger partial charge in [0.1, 0.15) is 0 Å². The van der Waals surface area contributed by atoms with E-state index < -0.39 is 11.8 Å². The van der Waals surface area contributed by atoms with E-state index in [1.807, 2.05) is 12.1 Å². The summed E-state index contributed by atoms with van der Waals surface area (Å²) in [6.45, 7) is 3.76. The highest BCUT2D eigenvalue weighted by molar-refractivity contribution is 6.32. The number of para-hydroxylation sites is 2. The number of fused-ring (bicyclic) bond motifs is 1. The zero-order chi connectivity index (χ0) is 33.4. The number of carbonyl (C=O) groups is 2. The lowest BCUT2D eigenvalue weighted by Gasteiger charge is -2.39. The number of rotatable bonds is 10. The van der Waals surface area contributed by atoms with Gasteiger partial charge in [0.2, 0.25) is 0 Å². The number of guanidine groups is 2. The first-order chi connectivity index (χ1) is 21.9. The van der Waals surface area contributed by atoms with Crippen molar-refractivity contribution in [3.8, 4) is 0 Å². The molecule has 244 valence electrons. The number of nitrogens with one attached hydrogen (secondary N) is 2. The van der Waals surface area contributed by atoms with E-state index in [9.17, 15) is 9.59 Å². The molecular formula is C26H34Cl2N16O2. The van der Waals surface area contributed by atoms with Crippen LogP contribution in [0.15, 0.2) is 34.3 Å². The minimum absolute atomic E-state index is 0.0812. The molecule has 0 atom stereocenters. The largest absolute Gasteiger partial charge is 0.382 e. The van der Waals surface area contributed by atoms with Crippen LogP contribution in [0.4, 0.5) is 34.6 Å². The summed E-state index contributed by atoms with van der Waals surface area (Å²) in [5, 5.41) is 4.57. The number of anilines is 6. The Morgan fingerprint density at radius 1 is 0.696 bits per heavy atom. The summed E-state index contributed by atoms with van der Waals surface area (Å²) in [6, 6.07) is 8.09. The van der Waals surface area contributed by atoms with Crippen LogP contribution >= 0.6 is 23.2 Å². The lowest BCUT2D eigenvalue weighted by Crippen LogP contribution is -2.42. The summed E-state index contributed by atoms with van der Waals surface area (Å²) in [4.78, 5) is 53.1. The number of nitrogens with zero attached hydrogens (tertiary/aromatic N) is 8. The summed E-state index contributed by atoms with van der Waals surface area (Å²) in [5.41, 5.74) is 36.0. The smallest absolute Gasteiger partial charge is 0.280 e. The first-order valence-electron chi connectivity index (χ1n) is 13.9. The first-order valence-corrected chi connectivity index (χ1v) is 14.7. The predicted octanol–water partition coefficient (Wildman–Crippen LogP) is -0.202. The number of hydrogen-bond acceptors (Lipinski definition) is 14. The lowest BCUT2D eigenvalue weighted by atomic mass is 10.1. The van der Waals surface area contributed by atoms with E-state index in [-0.39, 0.29) is 56.9 Å². The molecule has 0 fully saturated rings. The summed E-state index contributed by atoms with van der Waals surface area (Å²) in [5.74, 6) is -2.06. The molecule has 4 rings (SSSR count). The summed E-state index contributed by atoms with van der Waals surface area (Å²) in [7, 11) is 0. The number of aliphatic imine (C=N–C) groups is 2. The molecule has 0 spiro atoms. The zero-order valence-corrected chi connectivity index (χ0v) is 26.1. The van der Waals surface area contributed by atoms with Crippen molar-refractivity contribution in [3.05, 3.63) is 46.0 Å². The number of aromatic nitrogens is 4. The normalized spacial score (nSPS) is 13.3. The average molecular weight is 674 g/mol. The van der Waals surface area contributed by atoms with Crippen LogP contribution < -0.4 is 54.8 Å². The van der Waals surface area contributed by atoms with Gasteiger partial charge in [-0.1, -0.05) is 35.3 Å². The molecule has 3 aromatic rings. The minimum atomic E-state index is -0.695. The van der Waals surface area contributed by atoms with Crippen LogP contribution in [-0.2, 0) is 0 Å². The first kappa shape index (κ1) is 33.5. The van der Waals surface area contributed by atoms with E-state index >= 15 is 0 Å². The van der Waals surface area contributed by atoms with Crippen molar-refractivity contribution in [1.82, 2.24) is 30.6 Å². The standard InChI is InChI=1S/C26H34Cl2N16O2/c27-17-21(31)39-19(29)15(37-17)23(45)41-25(33)35-7-3-9-43-11-12-44(14-6-2-1-5-13(14)43)10-4-8-36-26(34)42-24(46)16-20(30)40-22(32)18(28)38-16/h1-2,5-6H,3-4,7-12H2,(H4,29,31,39)(H4,30,32,40)(H3,33,35,41,45)(H3,34,36,42,46). The lowest BCUT2D eigenvalue weighted by molar-refractivity contribution is 0.0964. The van der Waals surface area contributed by atoms with Crippen LogP contribution in [0.25, 0.3) is 0 Å². The molecule has 18 nitrogen and oxygen atoms in total. The average Bonchev–Trinajstić information content (AvgIpc) is 3.01. The summed E-state index contributed by atoms with van der Waals surface area (Å²) in [6.07, 6.45) is 1.36. The predicted molar refractivity (Wildman–Crippen MR) is 180 cm³/mol. The second kappa shape index (κ2) is 15.1. The number of halogens is 2. The van der Waals surface area contributed by atoms with Gasteiger partial charge in [-0.25, -0.2) is 19.9 Å². The molecule has 0 saturated heterocycles. The third kappa shape index (κ3) is 8.42. The Labute approximate surface area is 273 Å². The number of hydrogen-bond donors (Lipinski definition) is 8. The Kier molecular flexibility index (Phi) is 11.0. The molecule has 1 aliphatic heterocycles. The molecule has 0 radical (unpaired) electrons. The highest BCUT2D eigenvalue weighted by atomic mass is 35.5. The Hall–Kier alpha value is -5.36. The van der Waals surface area contributed by atoms with E-state index in [4.69, 9.17) is 57.6 Å².